The lowest BCUT2D eigenvalue weighted by Crippen LogP contribution is -2.37. The van der Waals surface area contributed by atoms with E-state index in [0.717, 1.165) is 0 Å². The molecule has 0 unspecified atom stereocenters. The molecule has 1 saturated heterocycles. The molecule has 4 nitrogen and oxygen atoms in total. The van der Waals surface area contributed by atoms with E-state index in [0.29, 0.717) is 21.7 Å². The van der Waals surface area contributed by atoms with Crippen LogP contribution in [0.2, 0.25) is 0 Å². The van der Waals surface area contributed by atoms with Crippen molar-refractivity contribution in [2.24, 2.45) is 0 Å². The SMILES string of the molecule is O=C(CN1CSCC1=O)NCc1ccc(Br)cc1F. The van der Waals surface area contributed by atoms with E-state index in [9.17, 15) is 14.0 Å². The predicted molar refractivity (Wildman–Crippen MR) is 75.0 cm³/mol. The van der Waals surface area contributed by atoms with Gasteiger partial charge in [-0.3, -0.25) is 9.59 Å². The van der Waals surface area contributed by atoms with Gasteiger partial charge in [0.25, 0.3) is 0 Å². The average molecular weight is 347 g/mol. The van der Waals surface area contributed by atoms with Gasteiger partial charge in [0.1, 0.15) is 12.4 Å². The predicted octanol–water partition coefficient (Wildman–Crippen LogP) is 1.74. The topological polar surface area (TPSA) is 49.4 Å². The number of rotatable bonds is 4. The number of carbonyl (C=O) groups is 2. The summed E-state index contributed by atoms with van der Waals surface area (Å²) in [6.45, 7) is 0.150. The molecule has 0 saturated carbocycles. The Morgan fingerprint density at radius 3 is 2.95 bits per heavy atom. The molecule has 1 heterocycles. The van der Waals surface area contributed by atoms with Crippen molar-refractivity contribution in [2.45, 2.75) is 6.54 Å². The fourth-order valence-corrected chi connectivity index (χ4v) is 2.87. The minimum absolute atomic E-state index is 0.0317. The molecule has 1 aliphatic rings. The van der Waals surface area contributed by atoms with Gasteiger partial charge in [0, 0.05) is 16.6 Å². The number of halogens is 2. The van der Waals surface area contributed by atoms with Crippen molar-refractivity contribution in [2.75, 3.05) is 18.2 Å². The van der Waals surface area contributed by atoms with Gasteiger partial charge in [0.05, 0.1) is 11.6 Å². The van der Waals surface area contributed by atoms with Gasteiger partial charge < -0.3 is 10.2 Å². The Balaban J connectivity index is 1.84. The van der Waals surface area contributed by atoms with E-state index in [1.54, 1.807) is 12.1 Å². The molecule has 1 aromatic carbocycles. The lowest BCUT2D eigenvalue weighted by molar-refractivity contribution is -0.132. The van der Waals surface area contributed by atoms with Gasteiger partial charge in [0.2, 0.25) is 11.8 Å². The monoisotopic (exact) mass is 346 g/mol. The molecule has 7 heteroatoms. The van der Waals surface area contributed by atoms with Gasteiger partial charge in [-0.2, -0.15) is 0 Å². The number of hydrogen-bond donors (Lipinski definition) is 1. The molecule has 1 aliphatic heterocycles. The van der Waals surface area contributed by atoms with Crippen molar-refractivity contribution in [1.82, 2.24) is 10.2 Å². The number of nitrogens with one attached hydrogen (secondary N) is 1. The van der Waals surface area contributed by atoms with Gasteiger partial charge in [-0.15, -0.1) is 11.8 Å². The minimum Gasteiger partial charge on any atom is -0.350 e. The van der Waals surface area contributed by atoms with E-state index in [4.69, 9.17) is 0 Å². The molecule has 1 fully saturated rings. The molecule has 0 bridgehead atoms. The summed E-state index contributed by atoms with van der Waals surface area (Å²) in [6.07, 6.45) is 0. The summed E-state index contributed by atoms with van der Waals surface area (Å²) in [7, 11) is 0. The summed E-state index contributed by atoms with van der Waals surface area (Å²) >= 11 is 4.65. The summed E-state index contributed by atoms with van der Waals surface area (Å²) in [6, 6.07) is 4.67. The third-order valence-corrected chi connectivity index (χ3v) is 4.09. The minimum atomic E-state index is -0.373. The largest absolute Gasteiger partial charge is 0.350 e. The molecule has 1 aromatic rings. The van der Waals surface area contributed by atoms with Crippen LogP contribution in [0, 0.1) is 5.82 Å². The van der Waals surface area contributed by atoms with E-state index in [2.05, 4.69) is 21.2 Å². The molecule has 1 N–H and O–H groups in total. The van der Waals surface area contributed by atoms with Crippen LogP contribution < -0.4 is 5.32 Å². The van der Waals surface area contributed by atoms with Crippen molar-refractivity contribution >= 4 is 39.5 Å². The van der Waals surface area contributed by atoms with Gasteiger partial charge in [0.15, 0.2) is 0 Å². The van der Waals surface area contributed by atoms with Crippen molar-refractivity contribution in [3.8, 4) is 0 Å². The van der Waals surface area contributed by atoms with E-state index in [1.165, 1.54) is 22.7 Å². The zero-order chi connectivity index (χ0) is 13.8. The van der Waals surface area contributed by atoms with Crippen LogP contribution in [0.3, 0.4) is 0 Å². The molecule has 2 rings (SSSR count). The van der Waals surface area contributed by atoms with Gasteiger partial charge in [-0.05, 0) is 12.1 Å². The maximum atomic E-state index is 13.5. The number of nitrogens with zero attached hydrogens (tertiary/aromatic N) is 1. The average Bonchev–Trinajstić information content (AvgIpc) is 2.74. The van der Waals surface area contributed by atoms with Gasteiger partial charge in [-0.25, -0.2) is 4.39 Å². The van der Waals surface area contributed by atoms with E-state index < -0.39 is 0 Å². The number of thioether (sulfide) groups is 1. The third kappa shape index (κ3) is 3.94. The lowest BCUT2D eigenvalue weighted by Gasteiger charge is -2.14. The van der Waals surface area contributed by atoms with Gasteiger partial charge in [-0.1, -0.05) is 22.0 Å². The summed E-state index contributed by atoms with van der Waals surface area (Å²) in [5.74, 6) is 0.281. The number of hydrogen-bond acceptors (Lipinski definition) is 3. The highest BCUT2D eigenvalue weighted by molar-refractivity contribution is 9.10. The second-order valence-corrected chi connectivity index (χ2v) is 5.95. The Labute approximate surface area is 122 Å². The maximum Gasteiger partial charge on any atom is 0.239 e. The van der Waals surface area contributed by atoms with Crippen molar-refractivity contribution in [3.63, 3.8) is 0 Å². The third-order valence-electron chi connectivity index (χ3n) is 2.65. The molecule has 2 amide bonds. The smallest absolute Gasteiger partial charge is 0.239 e. The Bertz CT molecular complexity index is 513. The Morgan fingerprint density at radius 1 is 1.53 bits per heavy atom. The summed E-state index contributed by atoms with van der Waals surface area (Å²) in [5, 5.41) is 2.61. The first-order valence-electron chi connectivity index (χ1n) is 5.62. The fraction of sp³-hybridized carbons (Fsp3) is 0.333. The normalized spacial score (nSPS) is 14.8. The van der Waals surface area contributed by atoms with Crippen LogP contribution in [0.1, 0.15) is 5.56 Å². The van der Waals surface area contributed by atoms with E-state index >= 15 is 0 Å². The lowest BCUT2D eigenvalue weighted by atomic mass is 10.2. The molecule has 0 aromatic heterocycles. The first-order chi connectivity index (χ1) is 9.06. The summed E-state index contributed by atoms with van der Waals surface area (Å²) in [4.78, 5) is 24.5. The number of amides is 2. The Morgan fingerprint density at radius 2 is 2.32 bits per heavy atom. The molecule has 19 heavy (non-hydrogen) atoms. The zero-order valence-corrected chi connectivity index (χ0v) is 12.4. The highest BCUT2D eigenvalue weighted by Gasteiger charge is 2.22. The Hall–Kier alpha value is -1.08. The highest BCUT2D eigenvalue weighted by atomic mass is 79.9. The maximum absolute atomic E-state index is 13.5. The molecule has 102 valence electrons. The van der Waals surface area contributed by atoms with E-state index in [1.807, 2.05) is 0 Å². The summed E-state index contributed by atoms with van der Waals surface area (Å²) < 4.78 is 14.2. The van der Waals surface area contributed by atoms with E-state index in [-0.39, 0.29) is 30.7 Å². The van der Waals surface area contributed by atoms with Crippen LogP contribution in [-0.2, 0) is 16.1 Å². The van der Waals surface area contributed by atoms with Crippen LogP contribution in [0.25, 0.3) is 0 Å². The van der Waals surface area contributed by atoms with Crippen LogP contribution in [0.5, 0.6) is 0 Å². The zero-order valence-electron chi connectivity index (χ0n) is 9.99. The van der Waals surface area contributed by atoms with Crippen molar-refractivity contribution in [3.05, 3.63) is 34.1 Å². The first kappa shape index (κ1) is 14.3. The van der Waals surface area contributed by atoms with Gasteiger partial charge >= 0.3 is 0 Å². The Kier molecular flexibility index (Phi) is 4.81. The molecule has 0 spiro atoms. The highest BCUT2D eigenvalue weighted by Crippen LogP contribution is 2.16. The second-order valence-electron chi connectivity index (χ2n) is 4.08. The van der Waals surface area contributed by atoms with Crippen LogP contribution in [0.4, 0.5) is 4.39 Å². The molecular weight excluding hydrogens is 335 g/mol. The molecular formula is C12H12BrFN2O2S. The quantitative estimate of drug-likeness (QED) is 0.903. The first-order valence-corrected chi connectivity index (χ1v) is 7.57. The van der Waals surface area contributed by atoms with Crippen molar-refractivity contribution in [1.29, 1.82) is 0 Å². The second kappa shape index (κ2) is 6.38. The number of benzene rings is 1. The van der Waals surface area contributed by atoms with Crippen molar-refractivity contribution < 1.29 is 14.0 Å². The summed E-state index contributed by atoms with van der Waals surface area (Å²) in [5.41, 5.74) is 0.415. The standard InChI is InChI=1S/C12H12BrFN2O2S/c13-9-2-1-8(10(14)3-9)4-15-11(17)5-16-7-19-6-12(16)18/h1-3H,4-7H2,(H,15,17). The number of carbonyl (C=O) groups excluding carboxylic acids is 2. The fourth-order valence-electron chi connectivity index (χ4n) is 1.63. The van der Waals surface area contributed by atoms with Crippen LogP contribution in [-0.4, -0.2) is 34.9 Å². The molecule has 0 atom stereocenters. The molecule has 0 aliphatic carbocycles. The molecule has 0 radical (unpaired) electrons. The van der Waals surface area contributed by atoms with Crippen LogP contribution in [0.15, 0.2) is 22.7 Å². The van der Waals surface area contributed by atoms with Crippen LogP contribution >= 0.6 is 27.7 Å².